The van der Waals surface area contributed by atoms with Crippen molar-refractivity contribution in [3.8, 4) is 11.6 Å². The lowest BCUT2D eigenvalue weighted by Crippen LogP contribution is -2.33. The van der Waals surface area contributed by atoms with Gasteiger partial charge < -0.3 is 9.84 Å². The van der Waals surface area contributed by atoms with E-state index >= 15 is 0 Å². The van der Waals surface area contributed by atoms with Gasteiger partial charge in [-0.1, -0.05) is 17.7 Å². The molecule has 1 aromatic carbocycles. The molecule has 174 valence electrons. The number of carboxylic acid groups (broad SMARTS) is 1. The van der Waals surface area contributed by atoms with Crippen LogP contribution in [-0.4, -0.2) is 45.6 Å². The zero-order valence-electron chi connectivity index (χ0n) is 17.5. The van der Waals surface area contributed by atoms with Crippen LogP contribution in [0.4, 0.5) is 0 Å². The fourth-order valence-corrected chi connectivity index (χ4v) is 5.94. The van der Waals surface area contributed by atoms with Crippen molar-refractivity contribution in [3.63, 3.8) is 0 Å². The lowest BCUT2D eigenvalue weighted by atomic mass is 9.93. The summed E-state index contributed by atoms with van der Waals surface area (Å²) in [6.45, 7) is -0.260. The number of halogens is 2. The fourth-order valence-electron chi connectivity index (χ4n) is 3.84. The van der Waals surface area contributed by atoms with Gasteiger partial charge in [0.25, 0.3) is 0 Å². The maximum Gasteiger partial charge on any atom is 0.325 e. The van der Waals surface area contributed by atoms with Crippen molar-refractivity contribution < 1.29 is 23.1 Å². The highest BCUT2D eigenvalue weighted by Crippen LogP contribution is 2.37. The first-order valence-corrected chi connectivity index (χ1v) is 12.6. The van der Waals surface area contributed by atoms with Gasteiger partial charge in [-0.05, 0) is 59.5 Å². The summed E-state index contributed by atoms with van der Waals surface area (Å²) in [4.78, 5) is 15.3. The molecule has 0 bridgehead atoms. The van der Waals surface area contributed by atoms with Crippen LogP contribution in [0.25, 0.3) is 0 Å². The van der Waals surface area contributed by atoms with Crippen molar-refractivity contribution in [2.75, 3.05) is 7.05 Å². The van der Waals surface area contributed by atoms with Gasteiger partial charge in [0.15, 0.2) is 0 Å². The number of nitrogens with zero attached hydrogens (tertiary/aromatic N) is 4. The van der Waals surface area contributed by atoms with Gasteiger partial charge in [-0.3, -0.25) is 9.48 Å². The number of carboxylic acids is 1. The molecule has 33 heavy (non-hydrogen) atoms. The summed E-state index contributed by atoms with van der Waals surface area (Å²) in [7, 11) is -2.40. The van der Waals surface area contributed by atoms with Crippen LogP contribution < -0.4 is 4.74 Å². The van der Waals surface area contributed by atoms with Gasteiger partial charge in [-0.15, -0.1) is 0 Å². The van der Waals surface area contributed by atoms with Crippen molar-refractivity contribution in [1.82, 2.24) is 19.1 Å². The molecule has 1 N–H and O–H groups in total. The monoisotopic (exact) mass is 554 g/mol. The van der Waals surface area contributed by atoms with E-state index in [0.717, 1.165) is 17.7 Å². The van der Waals surface area contributed by atoms with E-state index in [1.165, 1.54) is 28.3 Å². The molecule has 1 aliphatic carbocycles. The molecular weight excluding hydrogens is 536 g/mol. The standard InChI is InChI=1S/C21H20BrClN4O5S/c1-26(18-6-3-7-19-16(18)11-25-27(19)12-20(28)29)33(30,31)15-9-17(22)21(24-10-15)32-14-5-2-4-13(23)8-14/h2,4-5,8-11,18H,3,6-7,12H2,1H3,(H,28,29)/t18-/m1/s1. The van der Waals surface area contributed by atoms with Crippen molar-refractivity contribution in [1.29, 1.82) is 0 Å². The average Bonchev–Trinajstić information content (AvgIpc) is 3.17. The summed E-state index contributed by atoms with van der Waals surface area (Å²) < 4.78 is 35.5. The molecule has 0 radical (unpaired) electrons. The molecule has 0 saturated heterocycles. The summed E-state index contributed by atoms with van der Waals surface area (Å²) in [6, 6.07) is 7.77. The molecule has 9 nitrogen and oxygen atoms in total. The Morgan fingerprint density at radius 2 is 2.15 bits per heavy atom. The Balaban J connectivity index is 1.59. The number of benzene rings is 1. The van der Waals surface area contributed by atoms with Crippen LogP contribution in [0.5, 0.6) is 11.6 Å². The lowest BCUT2D eigenvalue weighted by Gasteiger charge is -2.30. The van der Waals surface area contributed by atoms with Crippen LogP contribution in [0.2, 0.25) is 5.02 Å². The van der Waals surface area contributed by atoms with Gasteiger partial charge in [-0.2, -0.15) is 9.40 Å². The molecule has 12 heteroatoms. The minimum atomic E-state index is -3.90. The smallest absolute Gasteiger partial charge is 0.325 e. The normalized spacial score (nSPS) is 15.9. The van der Waals surface area contributed by atoms with Gasteiger partial charge in [0, 0.05) is 23.3 Å². The Labute approximate surface area is 204 Å². The SMILES string of the molecule is CN([C@@H]1CCCc2c1cnn2CC(=O)O)S(=O)(=O)c1cnc(Oc2cccc(Cl)c2)c(Br)c1. The van der Waals surface area contributed by atoms with Crippen LogP contribution in [0.1, 0.15) is 30.1 Å². The molecular formula is C21H20BrClN4O5S. The molecule has 0 aliphatic heterocycles. The molecule has 2 aromatic heterocycles. The number of sulfonamides is 1. The second-order valence-corrected chi connectivity index (χ2v) is 10.8. The molecule has 4 rings (SSSR count). The van der Waals surface area contributed by atoms with Crippen LogP contribution >= 0.6 is 27.5 Å². The zero-order valence-corrected chi connectivity index (χ0v) is 20.6. The Hall–Kier alpha value is -2.47. The molecule has 1 aliphatic rings. The number of ether oxygens (including phenoxy) is 1. The lowest BCUT2D eigenvalue weighted by molar-refractivity contribution is -0.137. The summed E-state index contributed by atoms with van der Waals surface area (Å²) >= 11 is 9.32. The van der Waals surface area contributed by atoms with Gasteiger partial charge in [0.2, 0.25) is 15.9 Å². The number of aliphatic carboxylic acids is 1. The summed E-state index contributed by atoms with van der Waals surface area (Å²) in [5.74, 6) is -0.328. The van der Waals surface area contributed by atoms with E-state index in [1.807, 2.05) is 0 Å². The van der Waals surface area contributed by atoms with Gasteiger partial charge in [0.05, 0.1) is 22.9 Å². The largest absolute Gasteiger partial charge is 0.480 e. The topological polar surface area (TPSA) is 115 Å². The highest BCUT2D eigenvalue weighted by molar-refractivity contribution is 9.10. The average molecular weight is 556 g/mol. The third-order valence-electron chi connectivity index (χ3n) is 5.43. The number of fused-ring (bicyclic) bond motifs is 1. The highest BCUT2D eigenvalue weighted by atomic mass is 79.9. The van der Waals surface area contributed by atoms with Crippen molar-refractivity contribution in [3.05, 3.63) is 63.5 Å². The summed E-state index contributed by atoms with van der Waals surface area (Å²) in [5.41, 5.74) is 1.47. The van der Waals surface area contributed by atoms with E-state index in [2.05, 4.69) is 26.0 Å². The van der Waals surface area contributed by atoms with E-state index in [1.54, 1.807) is 30.5 Å². The number of hydrogen-bond donors (Lipinski definition) is 1. The first-order valence-electron chi connectivity index (χ1n) is 10.00. The first-order chi connectivity index (χ1) is 15.7. The van der Waals surface area contributed by atoms with E-state index in [4.69, 9.17) is 21.4 Å². The van der Waals surface area contributed by atoms with E-state index in [0.29, 0.717) is 28.1 Å². The van der Waals surface area contributed by atoms with E-state index in [-0.39, 0.29) is 17.3 Å². The van der Waals surface area contributed by atoms with Crippen molar-refractivity contribution in [2.45, 2.75) is 36.7 Å². The maximum absolute atomic E-state index is 13.4. The van der Waals surface area contributed by atoms with Crippen LogP contribution in [-0.2, 0) is 27.8 Å². The Kier molecular flexibility index (Phi) is 6.76. The highest BCUT2D eigenvalue weighted by Gasteiger charge is 2.34. The van der Waals surface area contributed by atoms with Gasteiger partial charge in [-0.25, -0.2) is 13.4 Å². The molecule has 0 amide bonds. The summed E-state index contributed by atoms with van der Waals surface area (Å²) in [6.07, 6.45) is 4.77. The third-order valence-corrected chi connectivity index (χ3v) is 8.06. The number of hydrogen-bond acceptors (Lipinski definition) is 6. The van der Waals surface area contributed by atoms with Gasteiger partial charge >= 0.3 is 5.97 Å². The predicted octanol–water partition coefficient (Wildman–Crippen LogP) is 4.27. The molecule has 3 aromatic rings. The molecule has 0 unspecified atom stereocenters. The van der Waals surface area contributed by atoms with Crippen LogP contribution in [0, 0.1) is 0 Å². The number of rotatable bonds is 7. The first kappa shape index (κ1) is 23.7. The maximum atomic E-state index is 13.4. The van der Waals surface area contributed by atoms with Gasteiger partial charge in [0.1, 0.15) is 17.2 Å². The van der Waals surface area contributed by atoms with E-state index < -0.39 is 22.0 Å². The van der Waals surface area contributed by atoms with Crippen LogP contribution in [0.3, 0.4) is 0 Å². The Morgan fingerprint density at radius 1 is 1.36 bits per heavy atom. The molecule has 0 fully saturated rings. The molecule has 0 spiro atoms. The third kappa shape index (κ3) is 4.91. The molecule has 1 atom stereocenters. The van der Waals surface area contributed by atoms with Crippen molar-refractivity contribution >= 4 is 43.5 Å². The minimum Gasteiger partial charge on any atom is -0.480 e. The summed E-state index contributed by atoms with van der Waals surface area (Å²) in [5, 5.41) is 13.8. The zero-order chi connectivity index (χ0) is 23.8. The second kappa shape index (κ2) is 9.41. The number of carbonyl (C=O) groups is 1. The number of pyridine rings is 1. The Bertz CT molecular complexity index is 1310. The van der Waals surface area contributed by atoms with E-state index in [9.17, 15) is 13.2 Å². The Morgan fingerprint density at radius 3 is 2.85 bits per heavy atom. The number of aromatic nitrogens is 3. The second-order valence-electron chi connectivity index (χ2n) is 7.54. The van der Waals surface area contributed by atoms with Crippen molar-refractivity contribution in [2.24, 2.45) is 0 Å². The predicted molar refractivity (Wildman–Crippen MR) is 124 cm³/mol. The molecule has 2 heterocycles. The van der Waals surface area contributed by atoms with Crippen LogP contribution in [0.15, 0.2) is 52.1 Å². The molecule has 0 saturated carbocycles. The quantitative estimate of drug-likeness (QED) is 0.463. The fraction of sp³-hybridized carbons (Fsp3) is 0.286. The minimum absolute atomic E-state index is 0.000343.